The molecule has 0 spiro atoms. The third-order valence-corrected chi connectivity index (χ3v) is 4.77. The van der Waals surface area contributed by atoms with Gasteiger partial charge in [0.15, 0.2) is 0 Å². The van der Waals surface area contributed by atoms with Gasteiger partial charge in [0.2, 0.25) is 5.91 Å². The van der Waals surface area contributed by atoms with Crippen molar-refractivity contribution in [2.75, 3.05) is 14.2 Å². The van der Waals surface area contributed by atoms with Gasteiger partial charge in [0.1, 0.15) is 6.17 Å². The lowest BCUT2D eigenvalue weighted by atomic mass is 9.85. The third kappa shape index (κ3) is 4.23. The van der Waals surface area contributed by atoms with E-state index in [2.05, 4.69) is 0 Å². The molecule has 0 unspecified atom stereocenters. The lowest BCUT2D eigenvalue weighted by Crippen LogP contribution is -2.65. The van der Waals surface area contributed by atoms with Gasteiger partial charge in [0.05, 0.1) is 7.11 Å². The summed E-state index contributed by atoms with van der Waals surface area (Å²) in [5.41, 5.74) is 0.242. The minimum absolute atomic E-state index is 0.0168. The standard InChI is InChI=1S/C20H28N2O4/c1-20(2,3)19-21(4)16(23)13-15(11-12-17(24)26-5)22(19)18(25)14-9-7-6-8-10-14/h6-10,15,19H,11-13H2,1-5H3/t15-,19-/m0/s1. The summed E-state index contributed by atoms with van der Waals surface area (Å²) in [7, 11) is 3.08. The normalized spacial score (nSPS) is 20.9. The molecule has 142 valence electrons. The third-order valence-electron chi connectivity index (χ3n) is 4.77. The molecular weight excluding hydrogens is 332 g/mol. The molecule has 26 heavy (non-hydrogen) atoms. The summed E-state index contributed by atoms with van der Waals surface area (Å²) in [5, 5.41) is 0. The van der Waals surface area contributed by atoms with Crippen molar-refractivity contribution in [3.8, 4) is 0 Å². The average Bonchev–Trinajstić information content (AvgIpc) is 2.60. The number of carbonyl (C=O) groups is 3. The van der Waals surface area contributed by atoms with Crippen LogP contribution < -0.4 is 0 Å². The lowest BCUT2D eigenvalue weighted by Gasteiger charge is -2.52. The molecular formula is C20H28N2O4. The number of ether oxygens (including phenoxy) is 1. The second-order valence-electron chi connectivity index (χ2n) is 7.80. The van der Waals surface area contributed by atoms with Crippen LogP contribution in [-0.4, -0.2) is 53.9 Å². The number of nitrogens with zero attached hydrogens (tertiary/aromatic N) is 2. The van der Waals surface area contributed by atoms with Crippen molar-refractivity contribution in [3.63, 3.8) is 0 Å². The highest BCUT2D eigenvalue weighted by Gasteiger charge is 2.46. The monoisotopic (exact) mass is 360 g/mol. The summed E-state index contributed by atoms with van der Waals surface area (Å²) in [5.74, 6) is -0.479. The van der Waals surface area contributed by atoms with Crippen molar-refractivity contribution in [1.29, 1.82) is 0 Å². The predicted molar refractivity (Wildman–Crippen MR) is 98.3 cm³/mol. The van der Waals surface area contributed by atoms with Gasteiger partial charge in [-0.1, -0.05) is 39.0 Å². The fourth-order valence-corrected chi connectivity index (χ4v) is 3.60. The summed E-state index contributed by atoms with van der Waals surface area (Å²) in [6.45, 7) is 6.03. The molecule has 0 N–H and O–H groups in total. The summed E-state index contributed by atoms with van der Waals surface area (Å²) in [6, 6.07) is 8.71. The number of hydrogen-bond donors (Lipinski definition) is 0. The highest BCUT2D eigenvalue weighted by Crippen LogP contribution is 2.35. The molecule has 1 aromatic carbocycles. The average molecular weight is 360 g/mol. The van der Waals surface area contributed by atoms with Crippen LogP contribution in [0.15, 0.2) is 30.3 Å². The molecule has 0 radical (unpaired) electrons. The van der Waals surface area contributed by atoms with E-state index in [9.17, 15) is 14.4 Å². The van der Waals surface area contributed by atoms with E-state index >= 15 is 0 Å². The first-order valence-electron chi connectivity index (χ1n) is 8.87. The number of amides is 2. The SMILES string of the molecule is COC(=O)CC[C@H]1CC(=O)N(C)[C@H](C(C)(C)C)N1C(=O)c1ccccc1. The predicted octanol–water partition coefficient (Wildman–Crippen LogP) is 2.68. The van der Waals surface area contributed by atoms with Crippen molar-refractivity contribution in [3.05, 3.63) is 35.9 Å². The second-order valence-corrected chi connectivity index (χ2v) is 7.80. The number of esters is 1. The van der Waals surface area contributed by atoms with Gasteiger partial charge >= 0.3 is 5.97 Å². The van der Waals surface area contributed by atoms with Crippen LogP contribution in [0, 0.1) is 5.41 Å². The molecule has 1 fully saturated rings. The van der Waals surface area contributed by atoms with E-state index in [1.54, 1.807) is 29.0 Å². The van der Waals surface area contributed by atoms with Gasteiger partial charge in [-0.25, -0.2) is 0 Å². The smallest absolute Gasteiger partial charge is 0.305 e. The molecule has 1 saturated heterocycles. The van der Waals surface area contributed by atoms with Crippen LogP contribution in [0.5, 0.6) is 0 Å². The fourth-order valence-electron chi connectivity index (χ4n) is 3.60. The van der Waals surface area contributed by atoms with Crippen LogP contribution in [0.25, 0.3) is 0 Å². The molecule has 2 atom stereocenters. The molecule has 6 nitrogen and oxygen atoms in total. The minimum atomic E-state index is -0.390. The zero-order valence-corrected chi connectivity index (χ0v) is 16.2. The maximum absolute atomic E-state index is 13.3. The van der Waals surface area contributed by atoms with Gasteiger partial charge in [-0.3, -0.25) is 14.4 Å². The van der Waals surface area contributed by atoms with Crippen LogP contribution in [0.1, 0.15) is 50.4 Å². The van der Waals surface area contributed by atoms with Crippen LogP contribution in [0.2, 0.25) is 0 Å². The minimum Gasteiger partial charge on any atom is -0.469 e. The maximum Gasteiger partial charge on any atom is 0.305 e. The maximum atomic E-state index is 13.3. The Kier molecular flexibility index (Phi) is 6.05. The Hall–Kier alpha value is -2.37. The van der Waals surface area contributed by atoms with E-state index in [-0.39, 0.29) is 48.2 Å². The summed E-state index contributed by atoms with van der Waals surface area (Å²) >= 11 is 0. The molecule has 1 heterocycles. The fraction of sp³-hybridized carbons (Fsp3) is 0.550. The van der Waals surface area contributed by atoms with E-state index in [1.165, 1.54) is 7.11 Å². The number of methoxy groups -OCH3 is 1. The first kappa shape index (κ1) is 19.9. The topological polar surface area (TPSA) is 66.9 Å². The number of hydrogen-bond acceptors (Lipinski definition) is 4. The Morgan fingerprint density at radius 1 is 1.19 bits per heavy atom. The van der Waals surface area contributed by atoms with Crippen molar-refractivity contribution in [2.45, 2.75) is 52.2 Å². The van der Waals surface area contributed by atoms with Gasteiger partial charge in [-0.2, -0.15) is 0 Å². The van der Waals surface area contributed by atoms with Crippen molar-refractivity contribution in [2.24, 2.45) is 5.41 Å². The molecule has 0 saturated carbocycles. The van der Waals surface area contributed by atoms with E-state index in [4.69, 9.17) is 4.74 Å². The Morgan fingerprint density at radius 3 is 2.35 bits per heavy atom. The van der Waals surface area contributed by atoms with Crippen LogP contribution in [0.3, 0.4) is 0 Å². The number of benzene rings is 1. The molecule has 1 aliphatic rings. The molecule has 2 amide bonds. The molecule has 1 aromatic rings. The Labute approximate surface area is 155 Å². The quantitative estimate of drug-likeness (QED) is 0.774. The second kappa shape index (κ2) is 7.89. The van der Waals surface area contributed by atoms with Crippen molar-refractivity contribution < 1.29 is 19.1 Å². The summed E-state index contributed by atoms with van der Waals surface area (Å²) < 4.78 is 4.73. The first-order chi connectivity index (χ1) is 12.2. The van der Waals surface area contributed by atoms with Gasteiger partial charge in [0.25, 0.3) is 5.91 Å². The van der Waals surface area contributed by atoms with Crippen molar-refractivity contribution >= 4 is 17.8 Å². The summed E-state index contributed by atoms with van der Waals surface area (Å²) in [6.07, 6.45) is 0.392. The highest BCUT2D eigenvalue weighted by molar-refractivity contribution is 5.96. The lowest BCUT2D eigenvalue weighted by molar-refractivity contribution is -0.152. The Bertz CT molecular complexity index is 666. The van der Waals surface area contributed by atoms with Crippen LogP contribution >= 0.6 is 0 Å². The van der Waals surface area contributed by atoms with Gasteiger partial charge in [-0.05, 0) is 18.6 Å². The zero-order valence-electron chi connectivity index (χ0n) is 16.2. The number of rotatable bonds is 4. The molecule has 1 aliphatic heterocycles. The number of carbonyl (C=O) groups excluding carboxylic acids is 3. The van der Waals surface area contributed by atoms with E-state index in [1.807, 2.05) is 39.0 Å². The van der Waals surface area contributed by atoms with Gasteiger partial charge in [-0.15, -0.1) is 0 Å². The largest absolute Gasteiger partial charge is 0.469 e. The van der Waals surface area contributed by atoms with Gasteiger partial charge in [0, 0.05) is 36.9 Å². The molecule has 6 heteroatoms. The molecule has 0 aromatic heterocycles. The van der Waals surface area contributed by atoms with Crippen molar-refractivity contribution in [1.82, 2.24) is 9.80 Å². The Balaban J connectivity index is 2.41. The highest BCUT2D eigenvalue weighted by atomic mass is 16.5. The van der Waals surface area contributed by atoms with Gasteiger partial charge < -0.3 is 14.5 Å². The molecule has 2 rings (SSSR count). The Morgan fingerprint density at radius 2 is 1.81 bits per heavy atom. The van der Waals surface area contributed by atoms with E-state index in [0.29, 0.717) is 12.0 Å². The van der Waals surface area contributed by atoms with E-state index < -0.39 is 0 Å². The zero-order chi connectivity index (χ0) is 19.5. The van der Waals surface area contributed by atoms with Crippen LogP contribution in [0.4, 0.5) is 0 Å². The molecule has 0 aliphatic carbocycles. The van der Waals surface area contributed by atoms with Crippen LogP contribution in [-0.2, 0) is 14.3 Å². The van der Waals surface area contributed by atoms with E-state index in [0.717, 1.165) is 0 Å². The summed E-state index contributed by atoms with van der Waals surface area (Å²) in [4.78, 5) is 40.9. The molecule has 0 bridgehead atoms. The first-order valence-corrected chi connectivity index (χ1v) is 8.87.